The Hall–Kier alpha value is -2.43. The first-order valence-electron chi connectivity index (χ1n) is 5.46. The fourth-order valence-corrected chi connectivity index (χ4v) is 1.34. The van der Waals surface area contributed by atoms with Crippen LogP contribution in [-0.4, -0.2) is 24.2 Å². The molecule has 0 saturated carbocycles. The van der Waals surface area contributed by atoms with Crippen LogP contribution in [0.5, 0.6) is 0 Å². The molecule has 0 heterocycles. The molecule has 0 aliphatic heterocycles. The van der Waals surface area contributed by atoms with E-state index in [1.54, 1.807) is 18.2 Å². The van der Waals surface area contributed by atoms with Crippen molar-refractivity contribution in [1.82, 2.24) is 0 Å². The molecular formula is C14H13FO4. The van der Waals surface area contributed by atoms with Gasteiger partial charge in [-0.2, -0.15) is 0 Å². The van der Waals surface area contributed by atoms with Crippen LogP contribution in [0.1, 0.15) is 12.0 Å². The molecule has 0 aliphatic rings. The Morgan fingerprint density at radius 3 is 2.47 bits per heavy atom. The first-order chi connectivity index (χ1) is 9.02. The zero-order valence-electron chi connectivity index (χ0n) is 10.3. The molecule has 1 aromatic rings. The molecule has 0 atom stereocenters. The third-order valence-electron chi connectivity index (χ3n) is 2.25. The largest absolute Gasteiger partial charge is 0.481 e. The lowest BCUT2D eigenvalue weighted by molar-refractivity contribution is -0.141. The molecule has 0 aromatic heterocycles. The summed E-state index contributed by atoms with van der Waals surface area (Å²) in [5, 5.41) is 8.66. The molecule has 0 fully saturated rings. The van der Waals surface area contributed by atoms with E-state index in [9.17, 15) is 14.0 Å². The van der Waals surface area contributed by atoms with Crippen LogP contribution >= 0.6 is 0 Å². The first-order valence-corrected chi connectivity index (χ1v) is 5.46. The van der Waals surface area contributed by atoms with Crippen LogP contribution in [-0.2, 0) is 14.3 Å². The van der Waals surface area contributed by atoms with Crippen molar-refractivity contribution in [1.29, 1.82) is 0 Å². The quantitative estimate of drug-likeness (QED) is 0.504. The van der Waals surface area contributed by atoms with Gasteiger partial charge in [0.2, 0.25) is 0 Å². The maximum absolute atomic E-state index is 12.7. The molecule has 0 spiro atoms. The minimum absolute atomic E-state index is 0.0355. The fraction of sp³-hybridized carbons (Fsp3) is 0.143. The molecule has 1 aromatic carbocycles. The van der Waals surface area contributed by atoms with Gasteiger partial charge in [0, 0.05) is 5.57 Å². The Balaban J connectivity index is 2.82. The molecule has 0 aliphatic carbocycles. The number of carbonyl (C=O) groups excluding carboxylic acids is 1. The highest BCUT2D eigenvalue weighted by molar-refractivity contribution is 5.93. The molecule has 5 heteroatoms. The van der Waals surface area contributed by atoms with E-state index < -0.39 is 18.4 Å². The van der Waals surface area contributed by atoms with Crippen molar-refractivity contribution in [3.05, 3.63) is 53.4 Å². The molecule has 100 valence electrons. The van der Waals surface area contributed by atoms with Gasteiger partial charge in [0.1, 0.15) is 5.82 Å². The second-order valence-corrected chi connectivity index (χ2v) is 3.66. The number of rotatable bonds is 5. The summed E-state index contributed by atoms with van der Waals surface area (Å²) in [6, 6.07) is 5.74. The van der Waals surface area contributed by atoms with Crippen molar-refractivity contribution in [3.8, 4) is 0 Å². The van der Waals surface area contributed by atoms with Gasteiger partial charge in [-0.15, -0.1) is 0 Å². The molecule has 1 rings (SSSR count). The Kier molecular flexibility index (Phi) is 5.47. The van der Waals surface area contributed by atoms with Gasteiger partial charge < -0.3 is 9.84 Å². The SMILES string of the molecule is COC(=O)/C(=C/C=C/c1ccc(F)cc1)CC(=O)O. The summed E-state index contributed by atoms with van der Waals surface area (Å²) in [5.74, 6) is -2.15. The standard InChI is InChI=1S/C14H13FO4/c1-19-14(18)11(9-13(16)17)4-2-3-10-5-7-12(15)8-6-10/h2-8H,9H2,1H3,(H,16,17)/b3-2+,11-4+. The summed E-state index contributed by atoms with van der Waals surface area (Å²) < 4.78 is 17.1. The summed E-state index contributed by atoms with van der Waals surface area (Å²) in [5.41, 5.74) is 0.769. The molecular weight excluding hydrogens is 251 g/mol. The second kappa shape index (κ2) is 7.10. The van der Waals surface area contributed by atoms with Gasteiger partial charge in [0.15, 0.2) is 0 Å². The molecule has 0 bridgehead atoms. The zero-order chi connectivity index (χ0) is 14.3. The van der Waals surface area contributed by atoms with Crippen molar-refractivity contribution in [2.45, 2.75) is 6.42 Å². The predicted octanol–water partition coefficient (Wildman–Crippen LogP) is 2.41. The van der Waals surface area contributed by atoms with Crippen LogP contribution in [0.3, 0.4) is 0 Å². The lowest BCUT2D eigenvalue weighted by Crippen LogP contribution is -2.09. The third kappa shape index (κ3) is 5.16. The van der Waals surface area contributed by atoms with Crippen molar-refractivity contribution >= 4 is 18.0 Å². The highest BCUT2D eigenvalue weighted by Crippen LogP contribution is 2.08. The van der Waals surface area contributed by atoms with Crippen molar-refractivity contribution in [3.63, 3.8) is 0 Å². The third-order valence-corrected chi connectivity index (χ3v) is 2.25. The van der Waals surface area contributed by atoms with E-state index in [1.807, 2.05) is 0 Å². The van der Waals surface area contributed by atoms with Gasteiger partial charge >= 0.3 is 11.9 Å². The molecule has 19 heavy (non-hydrogen) atoms. The number of carboxylic acids is 1. The van der Waals surface area contributed by atoms with E-state index in [0.29, 0.717) is 0 Å². The van der Waals surface area contributed by atoms with Crippen LogP contribution in [0.4, 0.5) is 4.39 Å². The summed E-state index contributed by atoms with van der Waals surface area (Å²) in [6.07, 6.45) is 4.09. The molecule has 0 saturated heterocycles. The van der Waals surface area contributed by atoms with Crippen molar-refractivity contribution < 1.29 is 23.8 Å². The Labute approximate surface area is 109 Å². The van der Waals surface area contributed by atoms with Crippen LogP contribution in [0.15, 0.2) is 42.0 Å². The maximum atomic E-state index is 12.7. The first kappa shape index (κ1) is 14.6. The maximum Gasteiger partial charge on any atom is 0.334 e. The van der Waals surface area contributed by atoms with Crippen molar-refractivity contribution in [2.24, 2.45) is 0 Å². The highest BCUT2D eigenvalue weighted by atomic mass is 19.1. The van der Waals surface area contributed by atoms with E-state index in [1.165, 1.54) is 31.4 Å². The van der Waals surface area contributed by atoms with Crippen molar-refractivity contribution in [2.75, 3.05) is 7.11 Å². The number of carboxylic acid groups (broad SMARTS) is 1. The molecule has 1 N–H and O–H groups in total. The summed E-state index contributed by atoms with van der Waals surface area (Å²) in [4.78, 5) is 21.9. The molecule has 4 nitrogen and oxygen atoms in total. The fourth-order valence-electron chi connectivity index (χ4n) is 1.34. The topological polar surface area (TPSA) is 63.6 Å². The van der Waals surface area contributed by atoms with Gasteiger partial charge in [0.05, 0.1) is 13.5 Å². The van der Waals surface area contributed by atoms with Gasteiger partial charge in [0.25, 0.3) is 0 Å². The number of halogens is 1. The van der Waals surface area contributed by atoms with Gasteiger partial charge in [-0.25, -0.2) is 9.18 Å². The van der Waals surface area contributed by atoms with Crippen LogP contribution in [0.25, 0.3) is 6.08 Å². The van der Waals surface area contributed by atoms with E-state index in [-0.39, 0.29) is 11.4 Å². The Bertz CT molecular complexity index is 515. The number of hydrogen-bond acceptors (Lipinski definition) is 3. The van der Waals surface area contributed by atoms with E-state index >= 15 is 0 Å². The normalized spacial score (nSPS) is 11.6. The average Bonchev–Trinajstić information content (AvgIpc) is 2.38. The van der Waals surface area contributed by atoms with Crippen LogP contribution in [0, 0.1) is 5.82 Å². The lowest BCUT2D eigenvalue weighted by atomic mass is 10.1. The van der Waals surface area contributed by atoms with Gasteiger partial charge in [-0.3, -0.25) is 4.79 Å². The molecule has 0 unspecified atom stereocenters. The number of aliphatic carboxylic acids is 1. The summed E-state index contributed by atoms with van der Waals surface area (Å²) in [6.45, 7) is 0. The van der Waals surface area contributed by atoms with E-state index in [4.69, 9.17) is 5.11 Å². The van der Waals surface area contributed by atoms with Gasteiger partial charge in [-0.05, 0) is 17.7 Å². The monoisotopic (exact) mass is 264 g/mol. The zero-order valence-corrected chi connectivity index (χ0v) is 10.3. The molecule has 0 radical (unpaired) electrons. The van der Waals surface area contributed by atoms with E-state index in [0.717, 1.165) is 5.56 Å². The minimum Gasteiger partial charge on any atom is -0.481 e. The molecule has 0 amide bonds. The predicted molar refractivity (Wildman–Crippen MR) is 67.8 cm³/mol. The smallest absolute Gasteiger partial charge is 0.334 e. The number of ether oxygens (including phenoxy) is 1. The van der Waals surface area contributed by atoms with Gasteiger partial charge in [-0.1, -0.05) is 30.4 Å². The number of allylic oxidation sites excluding steroid dienone is 2. The van der Waals surface area contributed by atoms with Crippen LogP contribution in [0.2, 0.25) is 0 Å². The van der Waals surface area contributed by atoms with Crippen LogP contribution < -0.4 is 0 Å². The van der Waals surface area contributed by atoms with E-state index in [2.05, 4.69) is 4.74 Å². The Morgan fingerprint density at radius 2 is 1.95 bits per heavy atom. The number of carbonyl (C=O) groups is 2. The average molecular weight is 264 g/mol. The second-order valence-electron chi connectivity index (χ2n) is 3.66. The summed E-state index contributed by atoms with van der Waals surface area (Å²) >= 11 is 0. The lowest BCUT2D eigenvalue weighted by Gasteiger charge is -2.00. The Morgan fingerprint density at radius 1 is 1.32 bits per heavy atom. The number of esters is 1. The summed E-state index contributed by atoms with van der Waals surface area (Å²) in [7, 11) is 1.18. The highest BCUT2D eigenvalue weighted by Gasteiger charge is 2.12. The minimum atomic E-state index is -1.12. The number of benzene rings is 1. The number of methoxy groups -OCH3 is 1. The number of hydrogen-bond donors (Lipinski definition) is 1.